The summed E-state index contributed by atoms with van der Waals surface area (Å²) in [5.74, 6) is 0. The molecule has 1 aromatic heterocycles. The molecule has 4 N–H and O–H groups in total. The Morgan fingerprint density at radius 3 is 2.60 bits per heavy atom. The highest BCUT2D eigenvalue weighted by molar-refractivity contribution is 6.14. The average Bonchev–Trinajstić information content (AvgIpc) is 2.64. The SMILES string of the molecule is Cc1ccc(C#N)c(Nc2ccc(N)c(C(=N)c3ccncc3)c2)c1. The molecule has 0 bridgehead atoms. The molecule has 0 unspecified atom stereocenters. The van der Waals surface area contributed by atoms with Gasteiger partial charge in [-0.1, -0.05) is 6.07 Å². The third-order valence-electron chi connectivity index (χ3n) is 3.87. The van der Waals surface area contributed by atoms with Crippen LogP contribution in [0.2, 0.25) is 0 Å². The molecule has 0 radical (unpaired) electrons. The molecule has 3 aromatic rings. The number of hydrogen-bond acceptors (Lipinski definition) is 5. The van der Waals surface area contributed by atoms with Gasteiger partial charge in [0.05, 0.1) is 17.0 Å². The maximum absolute atomic E-state index is 9.27. The number of aryl methyl sites for hydroxylation is 1. The number of anilines is 3. The molecule has 5 heteroatoms. The van der Waals surface area contributed by atoms with Gasteiger partial charge in [0.2, 0.25) is 0 Å². The van der Waals surface area contributed by atoms with Crippen LogP contribution < -0.4 is 11.1 Å². The van der Waals surface area contributed by atoms with Crippen molar-refractivity contribution in [3.63, 3.8) is 0 Å². The van der Waals surface area contributed by atoms with Crippen LogP contribution in [0.25, 0.3) is 0 Å². The van der Waals surface area contributed by atoms with E-state index in [4.69, 9.17) is 11.1 Å². The van der Waals surface area contributed by atoms with E-state index in [2.05, 4.69) is 16.4 Å². The van der Waals surface area contributed by atoms with Gasteiger partial charge in [0.1, 0.15) is 6.07 Å². The summed E-state index contributed by atoms with van der Waals surface area (Å²) >= 11 is 0. The highest BCUT2D eigenvalue weighted by atomic mass is 14.9. The number of pyridine rings is 1. The van der Waals surface area contributed by atoms with E-state index < -0.39 is 0 Å². The summed E-state index contributed by atoms with van der Waals surface area (Å²) in [5, 5.41) is 20.9. The molecule has 0 fully saturated rings. The Kier molecular flexibility index (Phi) is 4.44. The standard InChI is InChI=1S/C20H17N5/c1-13-2-3-15(12-21)19(10-13)25-16-4-5-18(22)17(11-16)20(23)14-6-8-24-9-7-14/h2-11,23,25H,22H2,1H3. The summed E-state index contributed by atoms with van der Waals surface area (Å²) in [6.07, 6.45) is 3.29. The van der Waals surface area contributed by atoms with Crippen LogP contribution in [0, 0.1) is 23.7 Å². The van der Waals surface area contributed by atoms with E-state index in [1.165, 1.54) is 0 Å². The minimum absolute atomic E-state index is 0.327. The molecular formula is C20H17N5. The Labute approximate surface area is 146 Å². The molecule has 0 amide bonds. The van der Waals surface area contributed by atoms with Crippen molar-refractivity contribution in [1.82, 2.24) is 4.98 Å². The summed E-state index contributed by atoms with van der Waals surface area (Å²) < 4.78 is 0. The second kappa shape index (κ2) is 6.85. The van der Waals surface area contributed by atoms with Crippen molar-refractivity contribution < 1.29 is 0 Å². The fourth-order valence-electron chi connectivity index (χ4n) is 2.54. The molecule has 0 aliphatic carbocycles. The second-order valence-corrected chi connectivity index (χ2v) is 5.70. The third kappa shape index (κ3) is 3.48. The van der Waals surface area contributed by atoms with Gasteiger partial charge in [0.15, 0.2) is 0 Å². The van der Waals surface area contributed by atoms with Crippen LogP contribution in [-0.4, -0.2) is 10.7 Å². The van der Waals surface area contributed by atoms with Gasteiger partial charge in [-0.25, -0.2) is 0 Å². The van der Waals surface area contributed by atoms with Gasteiger partial charge < -0.3 is 11.1 Å². The third-order valence-corrected chi connectivity index (χ3v) is 3.87. The average molecular weight is 327 g/mol. The van der Waals surface area contributed by atoms with Crippen LogP contribution in [0.3, 0.4) is 0 Å². The predicted molar refractivity (Wildman–Crippen MR) is 100 cm³/mol. The number of nitrogens with zero attached hydrogens (tertiary/aromatic N) is 2. The topological polar surface area (TPSA) is 98.6 Å². The largest absolute Gasteiger partial charge is 0.398 e. The zero-order valence-electron chi connectivity index (χ0n) is 13.7. The fourth-order valence-corrected chi connectivity index (χ4v) is 2.54. The van der Waals surface area contributed by atoms with E-state index in [1.807, 2.05) is 31.2 Å². The Balaban J connectivity index is 1.97. The van der Waals surface area contributed by atoms with Gasteiger partial charge in [-0.3, -0.25) is 10.4 Å². The number of nitriles is 1. The highest BCUT2D eigenvalue weighted by Crippen LogP contribution is 2.26. The van der Waals surface area contributed by atoms with Gasteiger partial charge in [-0.2, -0.15) is 5.26 Å². The summed E-state index contributed by atoms with van der Waals surface area (Å²) in [7, 11) is 0. The van der Waals surface area contributed by atoms with Crippen LogP contribution in [0.4, 0.5) is 17.1 Å². The lowest BCUT2D eigenvalue weighted by atomic mass is 10.0. The van der Waals surface area contributed by atoms with E-state index in [1.54, 1.807) is 36.7 Å². The zero-order valence-corrected chi connectivity index (χ0v) is 13.7. The van der Waals surface area contributed by atoms with Crippen molar-refractivity contribution in [1.29, 1.82) is 10.7 Å². The number of nitrogen functional groups attached to an aromatic ring is 1. The summed E-state index contributed by atoms with van der Waals surface area (Å²) in [5.41, 5.74) is 11.4. The molecule has 122 valence electrons. The van der Waals surface area contributed by atoms with Gasteiger partial charge in [0.25, 0.3) is 0 Å². The molecule has 0 saturated heterocycles. The smallest absolute Gasteiger partial charge is 0.101 e. The van der Waals surface area contributed by atoms with E-state index in [0.29, 0.717) is 22.5 Å². The normalized spacial score (nSPS) is 10.1. The van der Waals surface area contributed by atoms with Crippen molar-refractivity contribution >= 4 is 22.8 Å². The fraction of sp³-hybridized carbons (Fsp3) is 0.0500. The second-order valence-electron chi connectivity index (χ2n) is 5.70. The van der Waals surface area contributed by atoms with E-state index in [-0.39, 0.29) is 0 Å². The highest BCUT2D eigenvalue weighted by Gasteiger charge is 2.10. The van der Waals surface area contributed by atoms with Crippen LogP contribution in [0.5, 0.6) is 0 Å². The first-order valence-electron chi connectivity index (χ1n) is 7.75. The van der Waals surface area contributed by atoms with Crippen molar-refractivity contribution in [3.8, 4) is 6.07 Å². The maximum Gasteiger partial charge on any atom is 0.101 e. The molecule has 5 nitrogen and oxygen atoms in total. The molecule has 0 aliphatic heterocycles. The Morgan fingerprint density at radius 2 is 1.88 bits per heavy atom. The van der Waals surface area contributed by atoms with Gasteiger partial charge in [-0.15, -0.1) is 0 Å². The first-order chi connectivity index (χ1) is 12.1. The van der Waals surface area contributed by atoms with Crippen LogP contribution in [0.1, 0.15) is 22.3 Å². The van der Waals surface area contributed by atoms with Crippen LogP contribution in [-0.2, 0) is 0 Å². The van der Waals surface area contributed by atoms with Gasteiger partial charge in [-0.05, 0) is 55.0 Å². The molecule has 0 saturated carbocycles. The number of nitrogens with two attached hydrogens (primary N) is 1. The lowest BCUT2D eigenvalue weighted by Gasteiger charge is -2.13. The summed E-state index contributed by atoms with van der Waals surface area (Å²) in [4.78, 5) is 3.97. The van der Waals surface area contributed by atoms with Gasteiger partial charge in [0, 0.05) is 34.9 Å². The first kappa shape index (κ1) is 16.2. The van der Waals surface area contributed by atoms with E-state index in [0.717, 1.165) is 22.5 Å². The van der Waals surface area contributed by atoms with Crippen molar-refractivity contribution in [2.24, 2.45) is 0 Å². The van der Waals surface area contributed by atoms with E-state index >= 15 is 0 Å². The summed E-state index contributed by atoms with van der Waals surface area (Å²) in [6.45, 7) is 1.97. The molecule has 0 spiro atoms. The monoisotopic (exact) mass is 327 g/mol. The number of nitrogens with one attached hydrogen (secondary N) is 2. The Hall–Kier alpha value is -3.65. The maximum atomic E-state index is 9.27. The summed E-state index contributed by atoms with van der Waals surface area (Å²) in [6, 6.07) is 16.8. The number of rotatable bonds is 4. The number of hydrogen-bond donors (Lipinski definition) is 3. The molecule has 2 aromatic carbocycles. The molecule has 0 atom stereocenters. The Morgan fingerprint density at radius 1 is 1.12 bits per heavy atom. The van der Waals surface area contributed by atoms with Crippen molar-refractivity contribution in [3.05, 3.63) is 83.2 Å². The molecular weight excluding hydrogens is 310 g/mol. The van der Waals surface area contributed by atoms with Gasteiger partial charge >= 0.3 is 0 Å². The molecule has 25 heavy (non-hydrogen) atoms. The van der Waals surface area contributed by atoms with Crippen molar-refractivity contribution in [2.45, 2.75) is 6.92 Å². The minimum atomic E-state index is 0.327. The van der Waals surface area contributed by atoms with Crippen molar-refractivity contribution in [2.75, 3.05) is 11.1 Å². The first-order valence-corrected chi connectivity index (χ1v) is 7.75. The number of aromatic nitrogens is 1. The lowest BCUT2D eigenvalue weighted by molar-refractivity contribution is 1.31. The molecule has 1 heterocycles. The minimum Gasteiger partial charge on any atom is -0.398 e. The molecule has 0 aliphatic rings. The zero-order chi connectivity index (χ0) is 17.8. The Bertz CT molecular complexity index is 971. The predicted octanol–water partition coefficient (Wildman–Crippen LogP) is 4.00. The number of benzene rings is 2. The lowest BCUT2D eigenvalue weighted by Crippen LogP contribution is -2.06. The quantitative estimate of drug-likeness (QED) is 0.498. The van der Waals surface area contributed by atoms with Crippen LogP contribution in [0.15, 0.2) is 60.9 Å². The van der Waals surface area contributed by atoms with Crippen LogP contribution >= 0.6 is 0 Å². The van der Waals surface area contributed by atoms with E-state index in [9.17, 15) is 5.26 Å². The molecule has 3 rings (SSSR count).